The van der Waals surface area contributed by atoms with E-state index in [2.05, 4.69) is 20.8 Å². The molecule has 0 bridgehead atoms. The number of fused-ring (bicyclic) bond motifs is 1. The normalized spacial score (nSPS) is 12.7. The van der Waals surface area contributed by atoms with Crippen LogP contribution < -0.4 is 15.4 Å². The maximum absolute atomic E-state index is 13.4. The summed E-state index contributed by atoms with van der Waals surface area (Å²) in [5.74, 6) is -0.339. The number of hydrogen-bond acceptors (Lipinski definition) is 11. The summed E-state index contributed by atoms with van der Waals surface area (Å²) in [6.45, 7) is 3.67. The van der Waals surface area contributed by atoms with Gasteiger partial charge in [-0.15, -0.1) is 21.5 Å². The number of thiophene rings is 1. The molecule has 2 N–H and O–H groups in total. The molecule has 2 heterocycles. The topological polar surface area (TPSA) is 168 Å². The van der Waals surface area contributed by atoms with Crippen LogP contribution in [-0.4, -0.2) is 56.4 Å². The number of non-ortho nitro benzene ring substituents is 1. The highest BCUT2D eigenvalue weighted by Gasteiger charge is 2.30. The van der Waals surface area contributed by atoms with E-state index in [-0.39, 0.29) is 30.3 Å². The number of rotatable bonds is 12. The van der Waals surface area contributed by atoms with E-state index in [1.54, 1.807) is 30.5 Å². The Hall–Kier alpha value is -4.76. The van der Waals surface area contributed by atoms with Gasteiger partial charge in [0, 0.05) is 22.6 Å². The second-order valence-electron chi connectivity index (χ2n) is 9.92. The Morgan fingerprint density at radius 1 is 1.13 bits per heavy atom. The summed E-state index contributed by atoms with van der Waals surface area (Å²) in [4.78, 5) is 50.5. The number of thioether (sulfide) groups is 1. The molecular weight excluding hydrogens is 620 g/mol. The van der Waals surface area contributed by atoms with Crippen LogP contribution in [0.25, 0.3) is 5.69 Å². The molecule has 1 aliphatic rings. The van der Waals surface area contributed by atoms with E-state index >= 15 is 0 Å². The summed E-state index contributed by atoms with van der Waals surface area (Å²) in [7, 11) is 1.53. The molecule has 1 aliphatic carbocycles. The minimum atomic E-state index is -0.655. The van der Waals surface area contributed by atoms with Crippen molar-refractivity contribution in [3.63, 3.8) is 0 Å². The molecule has 45 heavy (non-hydrogen) atoms. The van der Waals surface area contributed by atoms with Gasteiger partial charge in [-0.1, -0.05) is 23.9 Å². The van der Waals surface area contributed by atoms with E-state index in [1.807, 2.05) is 12.1 Å². The van der Waals surface area contributed by atoms with Gasteiger partial charge in [-0.05, 0) is 62.9 Å². The second kappa shape index (κ2) is 13.9. The molecule has 1 unspecified atom stereocenters. The third-order valence-corrected chi connectivity index (χ3v) is 9.31. The average Bonchev–Trinajstić information content (AvgIpc) is 3.74. The zero-order valence-electron chi connectivity index (χ0n) is 24.7. The Morgan fingerprint density at radius 2 is 1.89 bits per heavy atom. The SMILES string of the molecule is CCOC(=O)c1c(NC(=O)C(C)Sc2nnc(CNC(=O)c3ccc([N+](=O)[O-])cc3)n2-c2ccccc2OC)sc2c1CCC2. The first kappa shape index (κ1) is 31.7. The number of ether oxygens (including phenoxy) is 2. The van der Waals surface area contributed by atoms with E-state index in [0.29, 0.717) is 33.0 Å². The number of methoxy groups -OCH3 is 1. The molecule has 2 amide bonds. The van der Waals surface area contributed by atoms with E-state index in [4.69, 9.17) is 9.47 Å². The number of benzene rings is 2. The number of aryl methyl sites for hydroxylation is 1. The third kappa shape index (κ3) is 6.83. The average molecular weight is 651 g/mol. The van der Waals surface area contributed by atoms with Gasteiger partial charge >= 0.3 is 5.97 Å². The quantitative estimate of drug-likeness (QED) is 0.0926. The zero-order valence-corrected chi connectivity index (χ0v) is 26.3. The Bertz CT molecular complexity index is 1750. The van der Waals surface area contributed by atoms with Crippen molar-refractivity contribution in [2.75, 3.05) is 19.0 Å². The lowest BCUT2D eigenvalue weighted by Crippen LogP contribution is -2.25. The van der Waals surface area contributed by atoms with Gasteiger partial charge in [0.2, 0.25) is 5.91 Å². The van der Waals surface area contributed by atoms with Crippen LogP contribution in [-0.2, 0) is 28.9 Å². The van der Waals surface area contributed by atoms with Crippen molar-refractivity contribution in [3.8, 4) is 11.4 Å². The standard InChI is InChI=1S/C30H30N6O7S2/c1-4-43-29(39)25-20-8-7-11-23(20)45-28(25)32-26(37)17(2)44-30-34-33-24(35(30)21-9-5-6-10-22(21)42-3)16-31-27(38)18-12-14-19(15-13-18)36(40)41/h5-6,9-10,12-15,17H,4,7-8,11,16H2,1-3H3,(H,31,38)(H,32,37). The molecular formula is C30H30N6O7S2. The van der Waals surface area contributed by atoms with Gasteiger partial charge in [0.15, 0.2) is 11.0 Å². The monoisotopic (exact) mass is 650 g/mol. The van der Waals surface area contributed by atoms with Crippen LogP contribution in [0.5, 0.6) is 5.75 Å². The van der Waals surface area contributed by atoms with Crippen molar-refractivity contribution in [2.45, 2.75) is 50.1 Å². The number of anilines is 1. The zero-order chi connectivity index (χ0) is 32.1. The first-order valence-electron chi connectivity index (χ1n) is 14.1. The molecule has 15 heteroatoms. The van der Waals surface area contributed by atoms with Crippen molar-refractivity contribution in [2.24, 2.45) is 0 Å². The van der Waals surface area contributed by atoms with Crippen LogP contribution >= 0.6 is 23.1 Å². The predicted molar refractivity (Wildman–Crippen MR) is 168 cm³/mol. The lowest BCUT2D eigenvalue weighted by atomic mass is 10.1. The van der Waals surface area contributed by atoms with E-state index in [9.17, 15) is 24.5 Å². The van der Waals surface area contributed by atoms with Gasteiger partial charge in [0.25, 0.3) is 11.6 Å². The van der Waals surface area contributed by atoms with E-state index in [1.165, 1.54) is 42.7 Å². The predicted octanol–water partition coefficient (Wildman–Crippen LogP) is 4.96. The smallest absolute Gasteiger partial charge is 0.341 e. The summed E-state index contributed by atoms with van der Waals surface area (Å²) in [5.41, 5.74) is 2.10. The highest BCUT2D eigenvalue weighted by Crippen LogP contribution is 2.40. The molecule has 2 aromatic carbocycles. The fourth-order valence-corrected chi connectivity index (χ4v) is 7.04. The number of aromatic nitrogens is 3. The highest BCUT2D eigenvalue weighted by atomic mass is 32.2. The largest absolute Gasteiger partial charge is 0.495 e. The number of nitro groups is 1. The third-order valence-electron chi connectivity index (χ3n) is 7.06. The van der Waals surface area contributed by atoms with E-state index in [0.717, 1.165) is 41.5 Å². The minimum Gasteiger partial charge on any atom is -0.495 e. The number of carbonyl (C=O) groups excluding carboxylic acids is 3. The molecule has 1 atom stereocenters. The van der Waals surface area contributed by atoms with Crippen LogP contribution in [0.2, 0.25) is 0 Å². The highest BCUT2D eigenvalue weighted by molar-refractivity contribution is 8.00. The van der Waals surface area contributed by atoms with Crippen LogP contribution in [0.1, 0.15) is 57.2 Å². The summed E-state index contributed by atoms with van der Waals surface area (Å²) < 4.78 is 12.6. The fraction of sp³-hybridized carbons (Fsp3) is 0.300. The van der Waals surface area contributed by atoms with Gasteiger partial charge in [-0.25, -0.2) is 4.79 Å². The maximum Gasteiger partial charge on any atom is 0.341 e. The first-order chi connectivity index (χ1) is 21.7. The number of hydrogen-bond donors (Lipinski definition) is 2. The number of nitro benzene ring substituents is 1. The molecule has 234 valence electrons. The van der Waals surface area contributed by atoms with Gasteiger partial charge in [-0.2, -0.15) is 0 Å². The van der Waals surface area contributed by atoms with Crippen molar-refractivity contribution in [3.05, 3.63) is 86.0 Å². The minimum absolute atomic E-state index is 0.0361. The maximum atomic E-state index is 13.4. The molecule has 0 radical (unpaired) electrons. The summed E-state index contributed by atoms with van der Waals surface area (Å²) >= 11 is 2.56. The molecule has 4 aromatic rings. The van der Waals surface area contributed by atoms with Gasteiger partial charge < -0.3 is 20.1 Å². The number of amides is 2. The lowest BCUT2D eigenvalue weighted by Gasteiger charge is -2.16. The van der Waals surface area contributed by atoms with Gasteiger partial charge in [0.05, 0.1) is 41.7 Å². The number of nitrogens with one attached hydrogen (secondary N) is 2. The molecule has 0 saturated carbocycles. The Balaban J connectivity index is 1.37. The van der Waals surface area contributed by atoms with Crippen molar-refractivity contribution < 1.29 is 28.8 Å². The first-order valence-corrected chi connectivity index (χ1v) is 15.8. The van der Waals surface area contributed by atoms with Crippen molar-refractivity contribution in [1.82, 2.24) is 20.1 Å². The molecule has 2 aromatic heterocycles. The number of nitrogens with zero attached hydrogens (tertiary/aromatic N) is 4. The van der Waals surface area contributed by atoms with Gasteiger partial charge in [-0.3, -0.25) is 24.3 Å². The molecule has 0 saturated heterocycles. The van der Waals surface area contributed by atoms with E-state index < -0.39 is 22.0 Å². The fourth-order valence-electron chi connectivity index (χ4n) is 4.88. The Morgan fingerprint density at radius 3 is 2.60 bits per heavy atom. The van der Waals surface area contributed by atoms with Crippen molar-refractivity contribution in [1.29, 1.82) is 0 Å². The van der Waals surface area contributed by atoms with Crippen LogP contribution in [0.15, 0.2) is 53.7 Å². The van der Waals surface area contributed by atoms with Crippen LogP contribution in [0, 0.1) is 10.1 Å². The second-order valence-corrected chi connectivity index (χ2v) is 12.3. The van der Waals surface area contributed by atoms with Gasteiger partial charge in [0.1, 0.15) is 10.8 Å². The lowest BCUT2D eigenvalue weighted by molar-refractivity contribution is -0.384. The summed E-state index contributed by atoms with van der Waals surface area (Å²) in [6, 6.07) is 12.5. The molecule has 5 rings (SSSR count). The number of esters is 1. The number of para-hydroxylation sites is 2. The molecule has 0 spiro atoms. The molecule has 13 nitrogen and oxygen atoms in total. The van der Waals surface area contributed by atoms with Crippen LogP contribution in [0.4, 0.5) is 10.7 Å². The van der Waals surface area contributed by atoms with Crippen LogP contribution in [0.3, 0.4) is 0 Å². The Labute approximate surface area is 266 Å². The molecule has 0 aliphatic heterocycles. The number of carbonyl (C=O) groups is 3. The summed E-state index contributed by atoms with van der Waals surface area (Å²) in [6.07, 6.45) is 2.59. The molecule has 0 fully saturated rings. The summed E-state index contributed by atoms with van der Waals surface area (Å²) in [5, 5.41) is 25.5. The van der Waals surface area contributed by atoms with Crippen molar-refractivity contribution >= 4 is 51.6 Å². The Kier molecular flexibility index (Phi) is 9.78.